The Kier molecular flexibility index (Phi) is 4.33. The Morgan fingerprint density at radius 3 is 2.89 bits per heavy atom. The number of pyridine rings is 1. The maximum atomic E-state index is 5.84. The molecule has 1 aromatic heterocycles. The van der Waals surface area contributed by atoms with E-state index in [4.69, 9.17) is 10.5 Å². The molecule has 3 nitrogen and oxygen atoms in total. The first-order valence-corrected chi connectivity index (χ1v) is 6.52. The van der Waals surface area contributed by atoms with Crippen LogP contribution >= 0.6 is 15.9 Å². The number of nitrogens with zero attached hydrogens (tertiary/aromatic N) is 1. The maximum Gasteiger partial charge on any atom is 0.120 e. The molecule has 1 aromatic carbocycles. The van der Waals surface area contributed by atoms with Crippen molar-refractivity contribution in [1.29, 1.82) is 0 Å². The van der Waals surface area contributed by atoms with Crippen LogP contribution in [0.2, 0.25) is 0 Å². The lowest BCUT2D eigenvalue weighted by molar-refractivity contribution is 0.305. The van der Waals surface area contributed by atoms with Crippen LogP contribution in [0.1, 0.15) is 24.1 Å². The van der Waals surface area contributed by atoms with E-state index < -0.39 is 0 Å². The van der Waals surface area contributed by atoms with Gasteiger partial charge in [0.25, 0.3) is 0 Å². The second-order valence-corrected chi connectivity index (χ2v) is 5.08. The number of halogens is 1. The number of aromatic nitrogens is 1. The third kappa shape index (κ3) is 3.55. The van der Waals surface area contributed by atoms with Crippen LogP contribution in [0.5, 0.6) is 5.75 Å². The molecule has 94 valence electrons. The molecule has 0 aliphatic rings. The Labute approximate surface area is 115 Å². The summed E-state index contributed by atoms with van der Waals surface area (Å²) in [5.74, 6) is 0.824. The van der Waals surface area contributed by atoms with Gasteiger partial charge in [0.15, 0.2) is 0 Å². The Morgan fingerprint density at radius 2 is 2.17 bits per heavy atom. The number of rotatable bonds is 4. The van der Waals surface area contributed by atoms with Crippen LogP contribution in [0, 0.1) is 0 Å². The zero-order valence-corrected chi connectivity index (χ0v) is 11.7. The van der Waals surface area contributed by atoms with E-state index in [9.17, 15) is 0 Å². The monoisotopic (exact) mass is 306 g/mol. The van der Waals surface area contributed by atoms with Crippen molar-refractivity contribution in [2.75, 3.05) is 0 Å². The quantitative estimate of drug-likeness (QED) is 0.941. The molecule has 4 heteroatoms. The fourth-order valence-electron chi connectivity index (χ4n) is 1.59. The van der Waals surface area contributed by atoms with Gasteiger partial charge in [-0.15, -0.1) is 0 Å². The smallest absolute Gasteiger partial charge is 0.120 e. The topological polar surface area (TPSA) is 48.1 Å². The van der Waals surface area contributed by atoms with Gasteiger partial charge in [0.2, 0.25) is 0 Å². The average Bonchev–Trinajstić information content (AvgIpc) is 2.37. The van der Waals surface area contributed by atoms with Crippen molar-refractivity contribution in [2.45, 2.75) is 19.6 Å². The van der Waals surface area contributed by atoms with Gasteiger partial charge in [-0.1, -0.05) is 12.1 Å². The molecule has 0 spiro atoms. The first-order chi connectivity index (χ1) is 8.65. The van der Waals surface area contributed by atoms with Gasteiger partial charge in [-0.05, 0) is 46.6 Å². The molecule has 0 aliphatic carbocycles. The van der Waals surface area contributed by atoms with E-state index in [0.29, 0.717) is 6.61 Å². The van der Waals surface area contributed by atoms with Gasteiger partial charge in [-0.25, -0.2) is 0 Å². The molecular formula is C14H15BrN2O. The summed E-state index contributed by atoms with van der Waals surface area (Å²) in [4.78, 5) is 4.10. The van der Waals surface area contributed by atoms with Gasteiger partial charge in [0.05, 0.1) is 0 Å². The lowest BCUT2D eigenvalue weighted by Crippen LogP contribution is -2.05. The van der Waals surface area contributed by atoms with Crippen molar-refractivity contribution in [3.05, 3.63) is 58.3 Å². The molecule has 2 N–H and O–H groups in total. The van der Waals surface area contributed by atoms with Crippen molar-refractivity contribution < 1.29 is 4.74 Å². The van der Waals surface area contributed by atoms with E-state index in [1.807, 2.05) is 37.3 Å². The van der Waals surface area contributed by atoms with E-state index in [-0.39, 0.29) is 6.04 Å². The number of benzene rings is 1. The molecule has 0 unspecified atom stereocenters. The number of nitrogens with two attached hydrogens (primary N) is 1. The van der Waals surface area contributed by atoms with Crippen LogP contribution in [0.15, 0.2) is 47.2 Å². The molecule has 2 rings (SSSR count). The van der Waals surface area contributed by atoms with E-state index in [0.717, 1.165) is 21.3 Å². The number of hydrogen-bond acceptors (Lipinski definition) is 3. The summed E-state index contributed by atoms with van der Waals surface area (Å²) in [7, 11) is 0. The van der Waals surface area contributed by atoms with Crippen LogP contribution in [0.4, 0.5) is 0 Å². The van der Waals surface area contributed by atoms with Crippen molar-refractivity contribution in [1.82, 2.24) is 4.98 Å². The highest BCUT2D eigenvalue weighted by Crippen LogP contribution is 2.19. The summed E-state index contributed by atoms with van der Waals surface area (Å²) in [6, 6.07) is 9.85. The zero-order valence-electron chi connectivity index (χ0n) is 10.1. The second-order valence-electron chi connectivity index (χ2n) is 4.16. The van der Waals surface area contributed by atoms with Gasteiger partial charge in [0.1, 0.15) is 12.4 Å². The van der Waals surface area contributed by atoms with Gasteiger partial charge in [-0.2, -0.15) is 0 Å². The molecule has 0 saturated heterocycles. The minimum Gasteiger partial charge on any atom is -0.489 e. The van der Waals surface area contributed by atoms with Crippen molar-refractivity contribution >= 4 is 15.9 Å². The Bertz CT molecular complexity index is 529. The lowest BCUT2D eigenvalue weighted by atomic mass is 10.1. The molecule has 1 heterocycles. The first kappa shape index (κ1) is 13.1. The van der Waals surface area contributed by atoms with E-state index in [1.165, 1.54) is 0 Å². The lowest BCUT2D eigenvalue weighted by Gasteiger charge is -2.10. The number of ether oxygens (including phenoxy) is 1. The Morgan fingerprint density at radius 1 is 1.33 bits per heavy atom. The zero-order chi connectivity index (χ0) is 13.0. The Hall–Kier alpha value is -1.39. The minimum atomic E-state index is 0.0149. The third-order valence-corrected chi connectivity index (χ3v) is 2.98. The van der Waals surface area contributed by atoms with Gasteiger partial charge in [0, 0.05) is 28.5 Å². The summed E-state index contributed by atoms with van der Waals surface area (Å²) >= 11 is 3.38. The highest BCUT2D eigenvalue weighted by Gasteiger charge is 2.02. The summed E-state index contributed by atoms with van der Waals surface area (Å²) < 4.78 is 6.67. The predicted molar refractivity (Wildman–Crippen MR) is 75.3 cm³/mol. The highest BCUT2D eigenvalue weighted by molar-refractivity contribution is 9.10. The van der Waals surface area contributed by atoms with E-state index >= 15 is 0 Å². The van der Waals surface area contributed by atoms with E-state index in [1.54, 1.807) is 12.4 Å². The summed E-state index contributed by atoms with van der Waals surface area (Å²) in [6.45, 7) is 2.45. The molecule has 18 heavy (non-hydrogen) atoms. The second kappa shape index (κ2) is 5.98. The molecule has 2 aromatic rings. The van der Waals surface area contributed by atoms with Crippen LogP contribution in [0.3, 0.4) is 0 Å². The number of hydrogen-bond donors (Lipinski definition) is 1. The maximum absolute atomic E-state index is 5.84. The van der Waals surface area contributed by atoms with Gasteiger partial charge < -0.3 is 10.5 Å². The molecular weight excluding hydrogens is 292 g/mol. The molecule has 0 radical (unpaired) electrons. The fourth-order valence-corrected chi connectivity index (χ4v) is 2.00. The van der Waals surface area contributed by atoms with Crippen molar-refractivity contribution in [2.24, 2.45) is 5.73 Å². The van der Waals surface area contributed by atoms with Gasteiger partial charge >= 0.3 is 0 Å². The molecule has 0 fully saturated rings. The molecule has 0 saturated carbocycles. The SMILES string of the molecule is C[C@@H](N)c1cccc(OCc2cncc(Br)c2)c1. The van der Waals surface area contributed by atoms with Crippen LogP contribution < -0.4 is 10.5 Å². The van der Waals surface area contributed by atoms with Crippen molar-refractivity contribution in [3.8, 4) is 5.75 Å². The van der Waals surface area contributed by atoms with Crippen LogP contribution in [-0.4, -0.2) is 4.98 Å². The van der Waals surface area contributed by atoms with Gasteiger partial charge in [-0.3, -0.25) is 4.98 Å². The standard InChI is InChI=1S/C14H15BrN2O/c1-10(16)12-3-2-4-14(6-12)18-9-11-5-13(15)8-17-7-11/h2-8,10H,9,16H2,1H3/t10-/m1/s1. The molecule has 0 amide bonds. The first-order valence-electron chi connectivity index (χ1n) is 5.73. The summed E-state index contributed by atoms with van der Waals surface area (Å²) in [5.41, 5.74) is 7.93. The minimum absolute atomic E-state index is 0.0149. The predicted octanol–water partition coefficient (Wildman–Crippen LogP) is 3.44. The third-order valence-electron chi connectivity index (χ3n) is 2.55. The van der Waals surface area contributed by atoms with Crippen LogP contribution in [0.25, 0.3) is 0 Å². The average molecular weight is 307 g/mol. The summed E-state index contributed by atoms with van der Waals surface area (Å²) in [6.07, 6.45) is 3.54. The highest BCUT2D eigenvalue weighted by atomic mass is 79.9. The molecule has 1 atom stereocenters. The van der Waals surface area contributed by atoms with Crippen LogP contribution in [-0.2, 0) is 6.61 Å². The molecule has 0 bridgehead atoms. The van der Waals surface area contributed by atoms with E-state index in [2.05, 4.69) is 20.9 Å². The fraction of sp³-hybridized carbons (Fsp3) is 0.214. The molecule has 0 aliphatic heterocycles. The van der Waals surface area contributed by atoms with Crippen molar-refractivity contribution in [3.63, 3.8) is 0 Å². The Balaban J connectivity index is 2.04. The largest absolute Gasteiger partial charge is 0.489 e. The summed E-state index contributed by atoms with van der Waals surface area (Å²) in [5, 5.41) is 0. The normalized spacial score (nSPS) is 12.2.